The number of rotatable bonds is 3. The van der Waals surface area contributed by atoms with Gasteiger partial charge < -0.3 is 5.73 Å². The van der Waals surface area contributed by atoms with Crippen LogP contribution in [0.25, 0.3) is 0 Å². The van der Waals surface area contributed by atoms with Gasteiger partial charge in [0, 0.05) is 6.42 Å². The van der Waals surface area contributed by atoms with Crippen LogP contribution in [0.3, 0.4) is 0 Å². The third kappa shape index (κ3) is 1.68. The third-order valence-electron chi connectivity index (χ3n) is 5.00. The first-order valence-corrected chi connectivity index (χ1v) is 6.60. The van der Waals surface area contributed by atoms with Gasteiger partial charge >= 0.3 is 0 Å². The van der Waals surface area contributed by atoms with Gasteiger partial charge in [0.1, 0.15) is 0 Å². The first-order chi connectivity index (χ1) is 7.69. The summed E-state index contributed by atoms with van der Waals surface area (Å²) in [7, 11) is 0. The number of carbonyl (C=O) groups excluding carboxylic acids is 1. The van der Waals surface area contributed by atoms with E-state index in [2.05, 4.69) is 0 Å². The number of carbonyl (C=O) groups is 1. The number of ketones is 1. The third-order valence-corrected chi connectivity index (χ3v) is 5.00. The van der Waals surface area contributed by atoms with Crippen molar-refractivity contribution in [3.05, 3.63) is 12.3 Å². The summed E-state index contributed by atoms with van der Waals surface area (Å²) < 4.78 is 0. The van der Waals surface area contributed by atoms with Crippen LogP contribution in [-0.4, -0.2) is 5.78 Å². The fourth-order valence-electron chi connectivity index (χ4n) is 5.04. The van der Waals surface area contributed by atoms with E-state index in [1.807, 2.05) is 0 Å². The smallest absolute Gasteiger partial charge is 0.157 e. The van der Waals surface area contributed by atoms with Crippen molar-refractivity contribution in [1.82, 2.24) is 0 Å². The fourth-order valence-corrected chi connectivity index (χ4v) is 5.04. The molecule has 0 aromatic carbocycles. The van der Waals surface area contributed by atoms with Gasteiger partial charge in [-0.2, -0.15) is 0 Å². The Morgan fingerprint density at radius 2 is 1.62 bits per heavy atom. The lowest BCUT2D eigenvalue weighted by molar-refractivity contribution is -0.122. The first-order valence-electron chi connectivity index (χ1n) is 6.60. The average molecular weight is 219 g/mol. The van der Waals surface area contributed by atoms with Crippen LogP contribution in [0, 0.1) is 23.2 Å². The van der Waals surface area contributed by atoms with E-state index >= 15 is 0 Å². The molecule has 0 aliphatic heterocycles. The SMILES string of the molecule is NC=CC(=O)CC12CC3CC(CC(C3)C1)C2. The van der Waals surface area contributed by atoms with Crippen molar-refractivity contribution in [3.8, 4) is 0 Å². The molecule has 0 atom stereocenters. The standard InChI is InChI=1S/C14H21NO/c15-2-1-13(16)9-14-6-10-3-11(7-14)5-12(4-10)8-14/h1-2,10-12H,3-9,15H2. The van der Waals surface area contributed by atoms with E-state index in [-0.39, 0.29) is 5.78 Å². The number of hydrogen-bond donors (Lipinski definition) is 1. The molecule has 0 aromatic heterocycles. The molecular weight excluding hydrogens is 198 g/mol. The summed E-state index contributed by atoms with van der Waals surface area (Å²) in [5, 5.41) is 0. The normalized spacial score (nSPS) is 45.4. The Kier molecular flexibility index (Phi) is 2.34. The molecule has 2 heteroatoms. The van der Waals surface area contributed by atoms with Crippen molar-refractivity contribution >= 4 is 5.78 Å². The summed E-state index contributed by atoms with van der Waals surface area (Å²) in [6, 6.07) is 0. The van der Waals surface area contributed by atoms with Gasteiger partial charge in [-0.1, -0.05) is 0 Å². The summed E-state index contributed by atoms with van der Waals surface area (Å²) >= 11 is 0. The van der Waals surface area contributed by atoms with Crippen molar-refractivity contribution in [1.29, 1.82) is 0 Å². The van der Waals surface area contributed by atoms with Crippen LogP contribution in [0.15, 0.2) is 12.3 Å². The lowest BCUT2D eigenvalue weighted by Crippen LogP contribution is -2.46. The second kappa shape index (κ2) is 3.61. The van der Waals surface area contributed by atoms with Gasteiger partial charge in [-0.15, -0.1) is 0 Å². The predicted molar refractivity (Wildman–Crippen MR) is 63.6 cm³/mol. The van der Waals surface area contributed by atoms with Crippen molar-refractivity contribution in [2.75, 3.05) is 0 Å². The number of nitrogens with two attached hydrogens (primary N) is 1. The monoisotopic (exact) mass is 219 g/mol. The maximum absolute atomic E-state index is 11.8. The average Bonchev–Trinajstić information content (AvgIpc) is 2.13. The first kappa shape index (κ1) is 10.4. The van der Waals surface area contributed by atoms with Crippen molar-refractivity contribution in [2.45, 2.75) is 44.9 Å². The van der Waals surface area contributed by atoms with Gasteiger partial charge in [0.25, 0.3) is 0 Å². The van der Waals surface area contributed by atoms with Crippen molar-refractivity contribution in [3.63, 3.8) is 0 Å². The molecule has 2 nitrogen and oxygen atoms in total. The second-order valence-corrected chi connectivity index (χ2v) is 6.42. The van der Waals surface area contributed by atoms with Crippen molar-refractivity contribution in [2.24, 2.45) is 28.9 Å². The molecule has 0 amide bonds. The molecule has 88 valence electrons. The Bertz CT molecular complexity index is 296. The molecule has 0 aromatic rings. The molecule has 4 rings (SSSR count). The maximum Gasteiger partial charge on any atom is 0.157 e. The molecule has 0 radical (unpaired) electrons. The fraction of sp³-hybridized carbons (Fsp3) is 0.786. The zero-order valence-corrected chi connectivity index (χ0v) is 9.82. The molecule has 2 N–H and O–H groups in total. The topological polar surface area (TPSA) is 43.1 Å². The molecule has 4 bridgehead atoms. The quantitative estimate of drug-likeness (QED) is 0.741. The van der Waals surface area contributed by atoms with Crippen LogP contribution in [0.5, 0.6) is 0 Å². The predicted octanol–water partition coefficient (Wildman–Crippen LogP) is 2.63. The highest BCUT2D eigenvalue weighted by Crippen LogP contribution is 2.61. The van der Waals surface area contributed by atoms with Crippen LogP contribution in [0.1, 0.15) is 44.9 Å². The summed E-state index contributed by atoms with van der Waals surface area (Å²) in [5.41, 5.74) is 5.66. The largest absolute Gasteiger partial charge is 0.404 e. The van der Waals surface area contributed by atoms with Crippen LogP contribution in [0.2, 0.25) is 0 Å². The van der Waals surface area contributed by atoms with E-state index in [0.717, 1.165) is 24.2 Å². The number of allylic oxidation sites excluding steroid dienone is 1. The number of hydrogen-bond acceptors (Lipinski definition) is 2. The van der Waals surface area contributed by atoms with E-state index in [9.17, 15) is 4.79 Å². The molecule has 0 spiro atoms. The summed E-state index contributed by atoms with van der Waals surface area (Å²) in [6.45, 7) is 0. The Morgan fingerprint density at radius 1 is 1.12 bits per heavy atom. The zero-order chi connectivity index (χ0) is 11.2. The molecule has 4 aliphatic carbocycles. The minimum Gasteiger partial charge on any atom is -0.404 e. The van der Waals surface area contributed by atoms with E-state index in [4.69, 9.17) is 5.73 Å². The molecule has 4 fully saturated rings. The van der Waals surface area contributed by atoms with Crippen LogP contribution < -0.4 is 5.73 Å². The van der Waals surface area contributed by atoms with E-state index in [0.29, 0.717) is 5.41 Å². The Hall–Kier alpha value is -0.790. The highest BCUT2D eigenvalue weighted by atomic mass is 16.1. The minimum absolute atomic E-state index is 0.240. The summed E-state index contributed by atoms with van der Waals surface area (Å²) in [5.74, 6) is 3.03. The molecule has 0 saturated heterocycles. The highest BCUT2D eigenvalue weighted by molar-refractivity contribution is 5.90. The molecule has 16 heavy (non-hydrogen) atoms. The summed E-state index contributed by atoms with van der Waals surface area (Å²) in [6.07, 6.45) is 12.0. The van der Waals surface area contributed by atoms with Gasteiger partial charge in [0.05, 0.1) is 0 Å². The van der Waals surface area contributed by atoms with Gasteiger partial charge in [-0.3, -0.25) is 4.79 Å². The molecule has 4 saturated carbocycles. The highest BCUT2D eigenvalue weighted by Gasteiger charge is 2.51. The van der Waals surface area contributed by atoms with Gasteiger partial charge in [-0.05, 0) is 74.0 Å². The van der Waals surface area contributed by atoms with Crippen molar-refractivity contribution < 1.29 is 4.79 Å². The van der Waals surface area contributed by atoms with Crippen LogP contribution >= 0.6 is 0 Å². The van der Waals surface area contributed by atoms with Gasteiger partial charge in [0.2, 0.25) is 0 Å². The van der Waals surface area contributed by atoms with Gasteiger partial charge in [0.15, 0.2) is 5.78 Å². The summed E-state index contributed by atoms with van der Waals surface area (Å²) in [4.78, 5) is 11.8. The van der Waals surface area contributed by atoms with Gasteiger partial charge in [-0.25, -0.2) is 0 Å². The minimum atomic E-state index is 0.240. The van der Waals surface area contributed by atoms with E-state index < -0.39 is 0 Å². The van der Waals surface area contributed by atoms with Crippen LogP contribution in [0.4, 0.5) is 0 Å². The Morgan fingerprint density at radius 3 is 2.06 bits per heavy atom. The zero-order valence-electron chi connectivity index (χ0n) is 9.82. The Labute approximate surface area is 97.3 Å². The molecule has 4 aliphatic rings. The lowest BCUT2D eigenvalue weighted by Gasteiger charge is -2.56. The maximum atomic E-state index is 11.8. The molecular formula is C14H21NO. The second-order valence-electron chi connectivity index (χ2n) is 6.42. The molecule has 0 unspecified atom stereocenters. The van der Waals surface area contributed by atoms with E-state index in [1.165, 1.54) is 44.7 Å². The van der Waals surface area contributed by atoms with Crippen LogP contribution in [-0.2, 0) is 4.79 Å². The molecule has 0 heterocycles. The Balaban J connectivity index is 1.76. The lowest BCUT2D eigenvalue weighted by atomic mass is 9.48. The van der Waals surface area contributed by atoms with E-state index in [1.54, 1.807) is 6.08 Å².